The van der Waals surface area contributed by atoms with E-state index in [1.54, 1.807) is 25.1 Å². The van der Waals surface area contributed by atoms with Gasteiger partial charge < -0.3 is 10.1 Å². The highest BCUT2D eigenvalue weighted by Crippen LogP contribution is 2.22. The Balaban J connectivity index is 1.64. The topological polar surface area (TPSA) is 84.5 Å². The molecule has 0 aliphatic rings. The molecule has 0 unspecified atom stereocenters. The summed E-state index contributed by atoms with van der Waals surface area (Å²) in [4.78, 5) is 12.5. The number of nitrogens with one attached hydrogen (secondary N) is 2. The predicted octanol–water partition coefficient (Wildman–Crippen LogP) is 5.16. The number of benzene rings is 3. The Hall–Kier alpha value is -3.03. The van der Waals surface area contributed by atoms with Crippen LogP contribution in [0, 0.1) is 13.8 Å². The molecular weight excluding hydrogens is 436 g/mol. The van der Waals surface area contributed by atoms with Crippen LogP contribution in [0.1, 0.15) is 18.1 Å². The van der Waals surface area contributed by atoms with E-state index < -0.39 is 16.1 Å². The lowest BCUT2D eigenvalue weighted by Crippen LogP contribution is -2.30. The summed E-state index contributed by atoms with van der Waals surface area (Å²) in [5, 5.41) is 3.16. The van der Waals surface area contributed by atoms with Crippen molar-refractivity contribution in [1.82, 2.24) is 0 Å². The van der Waals surface area contributed by atoms with E-state index in [1.807, 2.05) is 32.0 Å². The van der Waals surface area contributed by atoms with Crippen LogP contribution in [0.5, 0.6) is 5.75 Å². The normalized spacial score (nSPS) is 12.1. The Morgan fingerprint density at radius 3 is 2.32 bits per heavy atom. The summed E-state index contributed by atoms with van der Waals surface area (Å²) < 4.78 is 33.3. The van der Waals surface area contributed by atoms with Crippen LogP contribution in [0.25, 0.3) is 0 Å². The van der Waals surface area contributed by atoms with Gasteiger partial charge in [0.05, 0.1) is 10.6 Å². The van der Waals surface area contributed by atoms with E-state index in [4.69, 9.17) is 16.3 Å². The van der Waals surface area contributed by atoms with Crippen LogP contribution in [-0.2, 0) is 14.8 Å². The SMILES string of the molecule is Cc1ccc(O[C@@H](C)C(=O)Nc2ccc(S(=O)(=O)Nc3cccc(Cl)c3)cc2)c(C)c1. The average molecular weight is 459 g/mol. The van der Waals surface area contributed by atoms with Gasteiger partial charge in [0.2, 0.25) is 0 Å². The molecule has 1 amide bonds. The van der Waals surface area contributed by atoms with Crippen LogP contribution in [0.15, 0.2) is 71.6 Å². The van der Waals surface area contributed by atoms with Gasteiger partial charge in [-0.15, -0.1) is 0 Å². The first-order valence-corrected chi connectivity index (χ1v) is 11.4. The molecule has 3 aromatic carbocycles. The number of sulfonamides is 1. The summed E-state index contributed by atoms with van der Waals surface area (Å²) in [5.74, 6) is 0.300. The fourth-order valence-corrected chi connectivity index (χ4v) is 4.14. The molecule has 0 aliphatic heterocycles. The van der Waals surface area contributed by atoms with Crippen LogP contribution < -0.4 is 14.8 Å². The molecule has 6 nitrogen and oxygen atoms in total. The Morgan fingerprint density at radius 2 is 1.68 bits per heavy atom. The zero-order valence-corrected chi connectivity index (χ0v) is 18.9. The summed E-state index contributed by atoms with van der Waals surface area (Å²) >= 11 is 5.90. The average Bonchev–Trinajstić information content (AvgIpc) is 2.70. The molecule has 0 spiro atoms. The Labute approximate surface area is 187 Å². The molecule has 0 aromatic heterocycles. The monoisotopic (exact) mass is 458 g/mol. The molecule has 0 aliphatic carbocycles. The lowest BCUT2D eigenvalue weighted by Gasteiger charge is -2.17. The maximum atomic E-state index is 12.6. The highest BCUT2D eigenvalue weighted by molar-refractivity contribution is 7.92. The van der Waals surface area contributed by atoms with Gasteiger partial charge in [-0.05, 0) is 74.9 Å². The molecule has 1 atom stereocenters. The highest BCUT2D eigenvalue weighted by Gasteiger charge is 2.18. The molecule has 0 saturated carbocycles. The van der Waals surface area contributed by atoms with Gasteiger partial charge in [-0.3, -0.25) is 9.52 Å². The summed E-state index contributed by atoms with van der Waals surface area (Å²) in [6.45, 7) is 5.56. The molecule has 3 rings (SSSR count). The van der Waals surface area contributed by atoms with Gasteiger partial charge in [-0.25, -0.2) is 8.42 Å². The predicted molar refractivity (Wildman–Crippen MR) is 123 cm³/mol. The largest absolute Gasteiger partial charge is 0.481 e. The molecule has 0 heterocycles. The van der Waals surface area contributed by atoms with Gasteiger partial charge >= 0.3 is 0 Å². The molecule has 31 heavy (non-hydrogen) atoms. The van der Waals surface area contributed by atoms with Crippen molar-refractivity contribution in [2.45, 2.75) is 31.8 Å². The van der Waals surface area contributed by atoms with Crippen LogP contribution in [-0.4, -0.2) is 20.4 Å². The van der Waals surface area contributed by atoms with Crippen LogP contribution in [0.2, 0.25) is 5.02 Å². The van der Waals surface area contributed by atoms with Crippen LogP contribution in [0.3, 0.4) is 0 Å². The van der Waals surface area contributed by atoms with Crippen molar-refractivity contribution in [2.24, 2.45) is 0 Å². The number of ether oxygens (including phenoxy) is 1. The molecule has 162 valence electrons. The molecule has 0 bridgehead atoms. The van der Waals surface area contributed by atoms with Crippen LogP contribution >= 0.6 is 11.6 Å². The minimum atomic E-state index is -3.79. The van der Waals surface area contributed by atoms with E-state index in [0.29, 0.717) is 22.1 Å². The van der Waals surface area contributed by atoms with Gasteiger partial charge in [0.25, 0.3) is 15.9 Å². The van der Waals surface area contributed by atoms with Gasteiger partial charge in [-0.2, -0.15) is 0 Å². The maximum Gasteiger partial charge on any atom is 0.265 e. The molecule has 2 N–H and O–H groups in total. The number of amides is 1. The molecule has 0 radical (unpaired) electrons. The first-order chi connectivity index (χ1) is 14.6. The number of halogens is 1. The third-order valence-electron chi connectivity index (χ3n) is 4.51. The number of aryl methyl sites for hydroxylation is 2. The Bertz CT molecular complexity index is 1190. The van der Waals surface area contributed by atoms with E-state index in [0.717, 1.165) is 11.1 Å². The van der Waals surface area contributed by atoms with E-state index in [9.17, 15) is 13.2 Å². The van der Waals surface area contributed by atoms with Crippen molar-refractivity contribution in [3.8, 4) is 5.75 Å². The lowest BCUT2D eigenvalue weighted by atomic mass is 10.1. The lowest BCUT2D eigenvalue weighted by molar-refractivity contribution is -0.122. The minimum absolute atomic E-state index is 0.0602. The number of carbonyl (C=O) groups excluding carboxylic acids is 1. The number of hydrogen-bond acceptors (Lipinski definition) is 4. The standard InChI is InChI=1S/C23H23ClN2O4S/c1-15-7-12-22(16(2)13-15)30-17(3)23(27)25-19-8-10-21(11-9-19)31(28,29)26-20-6-4-5-18(24)14-20/h4-14,17,26H,1-3H3,(H,25,27)/t17-/m0/s1. The zero-order chi connectivity index (χ0) is 22.6. The molecule has 0 saturated heterocycles. The van der Waals surface area contributed by atoms with Crippen molar-refractivity contribution >= 4 is 38.9 Å². The second-order valence-corrected chi connectivity index (χ2v) is 9.28. The second kappa shape index (κ2) is 9.41. The van der Waals surface area contributed by atoms with Gasteiger partial charge in [0.1, 0.15) is 5.75 Å². The van der Waals surface area contributed by atoms with Crippen molar-refractivity contribution < 1.29 is 17.9 Å². The van der Waals surface area contributed by atoms with Crippen molar-refractivity contribution in [1.29, 1.82) is 0 Å². The molecule has 3 aromatic rings. The van der Waals surface area contributed by atoms with Crippen molar-refractivity contribution in [2.75, 3.05) is 10.0 Å². The molecule has 0 fully saturated rings. The van der Waals surface area contributed by atoms with Gasteiger partial charge in [0, 0.05) is 10.7 Å². The molecule has 8 heteroatoms. The first-order valence-electron chi connectivity index (χ1n) is 9.57. The Kier molecular flexibility index (Phi) is 6.87. The number of carbonyl (C=O) groups is 1. The van der Waals surface area contributed by atoms with E-state index >= 15 is 0 Å². The Morgan fingerprint density at radius 1 is 0.968 bits per heavy atom. The highest BCUT2D eigenvalue weighted by atomic mass is 35.5. The third kappa shape index (κ3) is 5.99. The summed E-state index contributed by atoms with van der Waals surface area (Å²) in [6, 6.07) is 18.0. The van der Waals surface area contributed by atoms with E-state index in [-0.39, 0.29) is 10.8 Å². The number of anilines is 2. The van der Waals surface area contributed by atoms with E-state index in [1.165, 1.54) is 30.3 Å². The van der Waals surface area contributed by atoms with Gasteiger partial charge in [0.15, 0.2) is 6.10 Å². The fourth-order valence-electron chi connectivity index (χ4n) is 2.90. The third-order valence-corrected chi connectivity index (χ3v) is 6.14. The van der Waals surface area contributed by atoms with E-state index in [2.05, 4.69) is 10.0 Å². The quantitative estimate of drug-likeness (QED) is 0.512. The van der Waals surface area contributed by atoms with Gasteiger partial charge in [-0.1, -0.05) is 35.4 Å². The first kappa shape index (κ1) is 22.7. The second-order valence-electron chi connectivity index (χ2n) is 7.16. The smallest absolute Gasteiger partial charge is 0.265 e. The summed E-state index contributed by atoms with van der Waals surface area (Å²) in [7, 11) is -3.79. The fraction of sp³-hybridized carbons (Fsp3) is 0.174. The summed E-state index contributed by atoms with van der Waals surface area (Å²) in [6.07, 6.45) is -0.727. The summed E-state index contributed by atoms with van der Waals surface area (Å²) in [5.41, 5.74) is 2.88. The van der Waals surface area contributed by atoms with Crippen molar-refractivity contribution in [3.63, 3.8) is 0 Å². The van der Waals surface area contributed by atoms with Crippen LogP contribution in [0.4, 0.5) is 11.4 Å². The maximum absolute atomic E-state index is 12.6. The minimum Gasteiger partial charge on any atom is -0.481 e. The van der Waals surface area contributed by atoms with Crippen molar-refractivity contribution in [3.05, 3.63) is 82.9 Å². The molecular formula is C23H23ClN2O4S. The zero-order valence-electron chi connectivity index (χ0n) is 17.3. The number of rotatable bonds is 7. The number of hydrogen-bond donors (Lipinski definition) is 2.